The number of hydrogen-bond acceptors (Lipinski definition) is 4. The predicted molar refractivity (Wildman–Crippen MR) is 124 cm³/mol. The molecule has 1 N–H and O–H groups in total. The van der Waals surface area contributed by atoms with Crippen LogP contribution >= 0.6 is 11.8 Å². The molecule has 30 heavy (non-hydrogen) atoms. The highest BCUT2D eigenvalue weighted by Gasteiger charge is 2.19. The van der Waals surface area contributed by atoms with E-state index in [9.17, 15) is 9.59 Å². The maximum Gasteiger partial charge on any atom is 0.256 e. The van der Waals surface area contributed by atoms with Crippen LogP contribution in [0.4, 0.5) is 5.69 Å². The average molecular weight is 420 g/mol. The van der Waals surface area contributed by atoms with Gasteiger partial charge in [-0.3, -0.25) is 14.6 Å². The normalized spacial score (nSPS) is 14.0. The van der Waals surface area contributed by atoms with Gasteiger partial charge in [-0.2, -0.15) is 11.8 Å². The van der Waals surface area contributed by atoms with E-state index in [1.807, 2.05) is 73.8 Å². The molecule has 6 heteroatoms. The highest BCUT2D eigenvalue weighted by molar-refractivity contribution is 7.99. The molecule has 0 spiro atoms. The summed E-state index contributed by atoms with van der Waals surface area (Å²) in [6.45, 7) is 7.38. The zero-order valence-electron chi connectivity index (χ0n) is 17.5. The summed E-state index contributed by atoms with van der Waals surface area (Å²) >= 11 is 1.88. The van der Waals surface area contributed by atoms with Crippen LogP contribution in [0, 0.1) is 20.8 Å². The first-order valence-electron chi connectivity index (χ1n) is 10.1. The van der Waals surface area contributed by atoms with Crippen LogP contribution in [0.5, 0.6) is 0 Å². The van der Waals surface area contributed by atoms with E-state index in [-0.39, 0.29) is 11.8 Å². The van der Waals surface area contributed by atoms with Gasteiger partial charge in [0.1, 0.15) is 0 Å². The van der Waals surface area contributed by atoms with E-state index < -0.39 is 0 Å². The van der Waals surface area contributed by atoms with Crippen LogP contribution < -0.4 is 5.32 Å². The molecular formula is C24H25N3O2S. The third kappa shape index (κ3) is 4.19. The lowest BCUT2D eigenvalue weighted by atomic mass is 10.0. The molecule has 1 aromatic heterocycles. The van der Waals surface area contributed by atoms with Gasteiger partial charge < -0.3 is 10.2 Å². The van der Waals surface area contributed by atoms with Gasteiger partial charge in [0.2, 0.25) is 0 Å². The van der Waals surface area contributed by atoms with Crippen LogP contribution in [0.2, 0.25) is 0 Å². The number of amides is 2. The van der Waals surface area contributed by atoms with E-state index in [2.05, 4.69) is 10.3 Å². The molecule has 2 heterocycles. The molecule has 0 aliphatic carbocycles. The molecule has 5 nitrogen and oxygen atoms in total. The third-order valence-electron chi connectivity index (χ3n) is 5.36. The van der Waals surface area contributed by atoms with Gasteiger partial charge in [0, 0.05) is 46.9 Å². The van der Waals surface area contributed by atoms with Gasteiger partial charge in [0.15, 0.2) is 0 Å². The first-order chi connectivity index (χ1) is 14.4. The van der Waals surface area contributed by atoms with Crippen molar-refractivity contribution in [2.75, 3.05) is 29.9 Å². The molecule has 4 rings (SSSR count). The second-order valence-electron chi connectivity index (χ2n) is 7.72. The second-order valence-corrected chi connectivity index (χ2v) is 8.94. The summed E-state index contributed by atoms with van der Waals surface area (Å²) in [7, 11) is 0. The molecule has 0 atom stereocenters. The molecule has 2 aromatic carbocycles. The zero-order chi connectivity index (χ0) is 21.3. The largest absolute Gasteiger partial charge is 0.337 e. The monoisotopic (exact) mass is 419 g/mol. The predicted octanol–water partition coefficient (Wildman–Crippen LogP) is 4.60. The van der Waals surface area contributed by atoms with Crippen molar-refractivity contribution in [2.24, 2.45) is 0 Å². The molecule has 3 aromatic rings. The fourth-order valence-corrected chi connectivity index (χ4v) is 4.64. The van der Waals surface area contributed by atoms with Crippen molar-refractivity contribution in [3.05, 3.63) is 70.4 Å². The number of carbonyl (C=O) groups is 2. The van der Waals surface area contributed by atoms with Crippen molar-refractivity contribution in [1.29, 1.82) is 0 Å². The Balaban J connectivity index is 1.59. The molecule has 1 aliphatic rings. The second kappa shape index (κ2) is 8.48. The zero-order valence-corrected chi connectivity index (χ0v) is 18.3. The number of anilines is 1. The summed E-state index contributed by atoms with van der Waals surface area (Å²) in [6.07, 6.45) is 0. The summed E-state index contributed by atoms with van der Waals surface area (Å²) in [4.78, 5) is 32.3. The van der Waals surface area contributed by atoms with Crippen LogP contribution in [-0.4, -0.2) is 46.3 Å². The summed E-state index contributed by atoms with van der Waals surface area (Å²) < 4.78 is 0. The van der Waals surface area contributed by atoms with Gasteiger partial charge in [0.25, 0.3) is 11.8 Å². The van der Waals surface area contributed by atoms with Crippen molar-refractivity contribution in [3.8, 4) is 0 Å². The number of rotatable bonds is 3. The maximum absolute atomic E-state index is 13.1. The first-order valence-corrected chi connectivity index (χ1v) is 11.2. The molecule has 0 radical (unpaired) electrons. The van der Waals surface area contributed by atoms with Gasteiger partial charge in [-0.05, 0) is 62.7 Å². The summed E-state index contributed by atoms with van der Waals surface area (Å²) in [6, 6.07) is 13.2. The number of nitrogens with one attached hydrogen (secondary N) is 1. The lowest BCUT2D eigenvalue weighted by molar-refractivity contribution is 0.0772. The Morgan fingerprint density at radius 1 is 1.00 bits per heavy atom. The Morgan fingerprint density at radius 2 is 1.77 bits per heavy atom. The minimum Gasteiger partial charge on any atom is -0.337 e. The molecule has 154 valence electrons. The summed E-state index contributed by atoms with van der Waals surface area (Å²) in [5.74, 6) is 1.85. The number of thioether (sulfide) groups is 1. The molecule has 0 bridgehead atoms. The van der Waals surface area contributed by atoms with E-state index >= 15 is 0 Å². The minimum atomic E-state index is -0.175. The fourth-order valence-electron chi connectivity index (χ4n) is 3.74. The molecular weight excluding hydrogens is 394 g/mol. The van der Waals surface area contributed by atoms with Crippen LogP contribution in [-0.2, 0) is 0 Å². The number of fused-ring (bicyclic) bond motifs is 1. The van der Waals surface area contributed by atoms with E-state index in [1.54, 1.807) is 6.07 Å². The van der Waals surface area contributed by atoms with Crippen LogP contribution in [0.1, 0.15) is 37.5 Å². The van der Waals surface area contributed by atoms with E-state index in [4.69, 9.17) is 0 Å². The number of nitrogens with zero attached hydrogens (tertiary/aromatic N) is 2. The molecule has 0 unspecified atom stereocenters. The lowest BCUT2D eigenvalue weighted by Crippen LogP contribution is -2.37. The standard InChI is InChI=1S/C24H25N3O2S/c1-15-4-6-22-19(12-15)20(14-17(3)25-22)23(28)26-21-7-5-18(13-16(21)2)24(29)27-8-10-30-11-9-27/h4-7,12-14H,8-11H2,1-3H3,(H,26,28). The van der Waals surface area contributed by atoms with Crippen molar-refractivity contribution < 1.29 is 9.59 Å². The molecule has 2 amide bonds. The number of aryl methyl sites for hydroxylation is 3. The van der Waals surface area contributed by atoms with Crippen LogP contribution in [0.25, 0.3) is 10.9 Å². The highest BCUT2D eigenvalue weighted by atomic mass is 32.2. The molecule has 1 fully saturated rings. The third-order valence-corrected chi connectivity index (χ3v) is 6.30. The van der Waals surface area contributed by atoms with E-state index in [1.165, 1.54) is 0 Å². The van der Waals surface area contributed by atoms with Crippen molar-refractivity contribution in [2.45, 2.75) is 20.8 Å². The van der Waals surface area contributed by atoms with Crippen LogP contribution in [0.15, 0.2) is 42.5 Å². The van der Waals surface area contributed by atoms with Gasteiger partial charge in [-0.25, -0.2) is 0 Å². The first kappa shape index (κ1) is 20.4. The highest BCUT2D eigenvalue weighted by Crippen LogP contribution is 2.24. The fraction of sp³-hybridized carbons (Fsp3) is 0.292. The van der Waals surface area contributed by atoms with Gasteiger partial charge in [-0.1, -0.05) is 11.6 Å². The Labute approximate surface area is 180 Å². The Hall–Kier alpha value is -2.86. The summed E-state index contributed by atoms with van der Waals surface area (Å²) in [5.41, 5.74) is 5.53. The Kier molecular flexibility index (Phi) is 5.77. The number of pyridine rings is 1. The van der Waals surface area contributed by atoms with Crippen molar-refractivity contribution in [1.82, 2.24) is 9.88 Å². The number of carbonyl (C=O) groups excluding carboxylic acids is 2. The van der Waals surface area contributed by atoms with Gasteiger partial charge in [0.05, 0.1) is 11.1 Å². The quantitative estimate of drug-likeness (QED) is 0.674. The van der Waals surface area contributed by atoms with Crippen molar-refractivity contribution >= 4 is 40.2 Å². The maximum atomic E-state index is 13.1. The molecule has 1 aliphatic heterocycles. The SMILES string of the molecule is Cc1ccc2nc(C)cc(C(=O)Nc3ccc(C(=O)N4CCSCC4)cc3C)c2c1. The number of hydrogen-bond donors (Lipinski definition) is 1. The van der Waals surface area contributed by atoms with Gasteiger partial charge >= 0.3 is 0 Å². The number of aromatic nitrogens is 1. The topological polar surface area (TPSA) is 62.3 Å². The van der Waals surface area contributed by atoms with Gasteiger partial charge in [-0.15, -0.1) is 0 Å². The molecule has 1 saturated heterocycles. The van der Waals surface area contributed by atoms with E-state index in [0.29, 0.717) is 16.8 Å². The lowest BCUT2D eigenvalue weighted by Gasteiger charge is -2.26. The van der Waals surface area contributed by atoms with E-state index in [0.717, 1.165) is 52.3 Å². The Morgan fingerprint density at radius 3 is 2.50 bits per heavy atom. The number of benzene rings is 2. The average Bonchev–Trinajstić information content (AvgIpc) is 2.75. The smallest absolute Gasteiger partial charge is 0.256 e. The van der Waals surface area contributed by atoms with Crippen molar-refractivity contribution in [3.63, 3.8) is 0 Å². The minimum absolute atomic E-state index is 0.0579. The Bertz CT molecular complexity index is 1140. The molecule has 0 saturated carbocycles. The summed E-state index contributed by atoms with van der Waals surface area (Å²) in [5, 5.41) is 3.85. The van der Waals surface area contributed by atoms with Crippen LogP contribution in [0.3, 0.4) is 0 Å².